The molecule has 2 aromatic rings. The normalized spacial score (nSPS) is 13.0. The zero-order valence-corrected chi connectivity index (χ0v) is 11.9. The second-order valence-corrected chi connectivity index (χ2v) is 4.61. The standard InChI is InChI=1S/C15H12N2O6/c18-14(5-2-11-3-6-15(23-11)17(19)20)16-10-1-4-12-13(9-10)22-8-7-21-12/h1-6,9H,7-8H2,(H,16,18)/b5-2+. The molecule has 1 aliphatic heterocycles. The molecule has 0 atom stereocenters. The number of hydrogen-bond donors (Lipinski definition) is 1. The Kier molecular flexibility index (Phi) is 3.96. The number of anilines is 1. The van der Waals surface area contributed by atoms with E-state index in [0.29, 0.717) is 30.4 Å². The third kappa shape index (κ3) is 3.49. The lowest BCUT2D eigenvalue weighted by molar-refractivity contribution is -0.402. The van der Waals surface area contributed by atoms with Crippen molar-refractivity contribution in [2.75, 3.05) is 18.5 Å². The Morgan fingerprint density at radius 2 is 1.96 bits per heavy atom. The number of nitrogens with one attached hydrogen (secondary N) is 1. The zero-order valence-electron chi connectivity index (χ0n) is 11.9. The molecule has 0 spiro atoms. The number of carbonyl (C=O) groups excluding carboxylic acids is 1. The van der Waals surface area contributed by atoms with Crippen molar-refractivity contribution in [3.63, 3.8) is 0 Å². The van der Waals surface area contributed by atoms with Gasteiger partial charge in [0.15, 0.2) is 11.5 Å². The van der Waals surface area contributed by atoms with Crippen LogP contribution in [0.2, 0.25) is 0 Å². The second kappa shape index (κ2) is 6.22. The largest absolute Gasteiger partial charge is 0.486 e. The SMILES string of the molecule is O=C(/C=C/c1ccc([N+](=O)[O-])o1)Nc1ccc2c(c1)OCCO2. The van der Waals surface area contributed by atoms with Gasteiger partial charge in [-0.05, 0) is 24.3 Å². The number of amides is 1. The lowest BCUT2D eigenvalue weighted by Crippen LogP contribution is -2.16. The molecule has 1 aliphatic rings. The topological polar surface area (TPSA) is 104 Å². The molecule has 0 bridgehead atoms. The summed E-state index contributed by atoms with van der Waals surface area (Å²) < 4.78 is 15.7. The summed E-state index contributed by atoms with van der Waals surface area (Å²) in [6, 6.07) is 7.70. The predicted molar refractivity (Wildman–Crippen MR) is 80.5 cm³/mol. The van der Waals surface area contributed by atoms with E-state index < -0.39 is 10.8 Å². The molecule has 0 aliphatic carbocycles. The minimum absolute atomic E-state index is 0.217. The summed E-state index contributed by atoms with van der Waals surface area (Å²) in [4.78, 5) is 21.7. The summed E-state index contributed by atoms with van der Waals surface area (Å²) in [6.45, 7) is 0.957. The Morgan fingerprint density at radius 1 is 1.17 bits per heavy atom. The fraction of sp³-hybridized carbons (Fsp3) is 0.133. The maximum Gasteiger partial charge on any atom is 0.433 e. The van der Waals surface area contributed by atoms with Crippen molar-refractivity contribution >= 4 is 23.6 Å². The van der Waals surface area contributed by atoms with E-state index in [1.807, 2.05) is 0 Å². The number of rotatable bonds is 4. The first kappa shape index (κ1) is 14.6. The minimum atomic E-state index is -0.646. The van der Waals surface area contributed by atoms with Crippen molar-refractivity contribution in [1.82, 2.24) is 0 Å². The van der Waals surface area contributed by atoms with Crippen LogP contribution >= 0.6 is 0 Å². The molecule has 1 aromatic heterocycles. The number of ether oxygens (including phenoxy) is 2. The number of hydrogen-bond acceptors (Lipinski definition) is 6. The summed E-state index contributed by atoms with van der Waals surface area (Å²) in [5.74, 6) is 0.638. The van der Waals surface area contributed by atoms with Crippen molar-refractivity contribution in [2.45, 2.75) is 0 Å². The molecule has 8 heteroatoms. The molecule has 118 valence electrons. The molecule has 1 N–H and O–H groups in total. The van der Waals surface area contributed by atoms with Gasteiger partial charge < -0.3 is 19.2 Å². The van der Waals surface area contributed by atoms with E-state index in [1.165, 1.54) is 24.3 Å². The van der Waals surface area contributed by atoms with Crippen LogP contribution in [0.25, 0.3) is 6.08 Å². The van der Waals surface area contributed by atoms with Crippen molar-refractivity contribution in [3.8, 4) is 11.5 Å². The highest BCUT2D eigenvalue weighted by molar-refractivity contribution is 6.01. The van der Waals surface area contributed by atoms with Crippen molar-refractivity contribution < 1.29 is 23.6 Å². The van der Waals surface area contributed by atoms with Crippen LogP contribution in [0.15, 0.2) is 40.8 Å². The highest BCUT2D eigenvalue weighted by atomic mass is 16.6. The maximum atomic E-state index is 11.8. The molecule has 0 saturated carbocycles. The molecule has 8 nitrogen and oxygen atoms in total. The molecule has 3 rings (SSSR count). The summed E-state index contributed by atoms with van der Waals surface area (Å²) in [5.41, 5.74) is 0.550. The van der Waals surface area contributed by atoms with Crippen LogP contribution in [0, 0.1) is 10.1 Å². The highest BCUT2D eigenvalue weighted by Crippen LogP contribution is 2.32. The van der Waals surface area contributed by atoms with Gasteiger partial charge in [-0.3, -0.25) is 14.9 Å². The van der Waals surface area contributed by atoms with Gasteiger partial charge >= 0.3 is 5.88 Å². The van der Waals surface area contributed by atoms with E-state index >= 15 is 0 Å². The van der Waals surface area contributed by atoms with E-state index in [4.69, 9.17) is 13.9 Å². The fourth-order valence-corrected chi connectivity index (χ4v) is 1.99. The first-order valence-electron chi connectivity index (χ1n) is 6.75. The van der Waals surface area contributed by atoms with Gasteiger partial charge in [-0.25, -0.2) is 0 Å². The number of benzene rings is 1. The highest BCUT2D eigenvalue weighted by Gasteiger charge is 2.13. The zero-order chi connectivity index (χ0) is 16.2. The summed E-state index contributed by atoms with van der Waals surface area (Å²) in [6.07, 6.45) is 2.57. The molecule has 23 heavy (non-hydrogen) atoms. The smallest absolute Gasteiger partial charge is 0.433 e. The van der Waals surface area contributed by atoms with Crippen molar-refractivity contribution in [3.05, 3.63) is 52.3 Å². The molecule has 0 fully saturated rings. The number of fused-ring (bicyclic) bond motifs is 1. The summed E-state index contributed by atoms with van der Waals surface area (Å²) in [5, 5.41) is 13.2. The van der Waals surface area contributed by atoms with Gasteiger partial charge in [0.1, 0.15) is 23.9 Å². The molecule has 2 heterocycles. The van der Waals surface area contributed by atoms with Gasteiger partial charge in [-0.1, -0.05) is 0 Å². The molecule has 0 saturated heterocycles. The first-order chi connectivity index (χ1) is 11.1. The van der Waals surface area contributed by atoms with Crippen LogP contribution in [-0.2, 0) is 4.79 Å². The summed E-state index contributed by atoms with van der Waals surface area (Å²) >= 11 is 0. The Bertz CT molecular complexity index is 780. The van der Waals surface area contributed by atoms with E-state index in [-0.39, 0.29) is 11.6 Å². The van der Waals surface area contributed by atoms with Crippen molar-refractivity contribution in [1.29, 1.82) is 0 Å². The van der Waals surface area contributed by atoms with E-state index in [0.717, 1.165) is 0 Å². The molecule has 0 unspecified atom stereocenters. The summed E-state index contributed by atoms with van der Waals surface area (Å²) in [7, 11) is 0. The van der Waals surface area contributed by atoms with Gasteiger partial charge in [0, 0.05) is 17.8 Å². The monoisotopic (exact) mass is 316 g/mol. The van der Waals surface area contributed by atoms with Gasteiger partial charge in [-0.15, -0.1) is 0 Å². The predicted octanol–water partition coefficient (Wildman–Crippen LogP) is 2.61. The number of furan rings is 1. The number of carbonyl (C=O) groups is 1. The lowest BCUT2D eigenvalue weighted by Gasteiger charge is -2.18. The van der Waals surface area contributed by atoms with Gasteiger partial charge in [0.25, 0.3) is 0 Å². The molecule has 1 aromatic carbocycles. The number of nitro groups is 1. The van der Waals surface area contributed by atoms with Crippen LogP contribution < -0.4 is 14.8 Å². The van der Waals surface area contributed by atoms with Crippen LogP contribution in [0.4, 0.5) is 11.6 Å². The van der Waals surface area contributed by atoms with E-state index in [2.05, 4.69) is 5.32 Å². The lowest BCUT2D eigenvalue weighted by atomic mass is 10.2. The quantitative estimate of drug-likeness (QED) is 0.528. The van der Waals surface area contributed by atoms with Gasteiger partial charge in [0.2, 0.25) is 5.91 Å². The average molecular weight is 316 g/mol. The Balaban J connectivity index is 1.64. The molecule has 0 radical (unpaired) electrons. The van der Waals surface area contributed by atoms with Crippen LogP contribution in [0.5, 0.6) is 11.5 Å². The number of nitrogens with zero attached hydrogens (tertiary/aromatic N) is 1. The molecule has 1 amide bonds. The van der Waals surface area contributed by atoms with E-state index in [1.54, 1.807) is 18.2 Å². The van der Waals surface area contributed by atoms with Gasteiger partial charge in [-0.2, -0.15) is 0 Å². The van der Waals surface area contributed by atoms with E-state index in [9.17, 15) is 14.9 Å². The van der Waals surface area contributed by atoms with Gasteiger partial charge in [0.05, 0.1) is 6.07 Å². The van der Waals surface area contributed by atoms with Crippen molar-refractivity contribution in [2.24, 2.45) is 0 Å². The maximum absolute atomic E-state index is 11.8. The van der Waals surface area contributed by atoms with Crippen LogP contribution in [-0.4, -0.2) is 24.0 Å². The fourth-order valence-electron chi connectivity index (χ4n) is 1.99. The average Bonchev–Trinajstić information content (AvgIpc) is 3.02. The first-order valence-corrected chi connectivity index (χ1v) is 6.75. The Morgan fingerprint density at radius 3 is 2.70 bits per heavy atom. The van der Waals surface area contributed by atoms with Crippen LogP contribution in [0.3, 0.4) is 0 Å². The Labute approximate surface area is 130 Å². The van der Waals surface area contributed by atoms with Crippen LogP contribution in [0.1, 0.15) is 5.76 Å². The molecular weight excluding hydrogens is 304 g/mol. The Hall–Kier alpha value is -3.29. The minimum Gasteiger partial charge on any atom is -0.486 e. The third-order valence-electron chi connectivity index (χ3n) is 3.00. The second-order valence-electron chi connectivity index (χ2n) is 4.61. The molecular formula is C15H12N2O6. The third-order valence-corrected chi connectivity index (χ3v) is 3.00.